The van der Waals surface area contributed by atoms with E-state index >= 15 is 0 Å². The number of nitrogens with one attached hydrogen (secondary N) is 2. The maximum absolute atomic E-state index is 13.4. The predicted molar refractivity (Wildman–Crippen MR) is 90.3 cm³/mol. The lowest BCUT2D eigenvalue weighted by molar-refractivity contribution is 0.609. The maximum Gasteiger partial charge on any atom is 0.283 e. The van der Waals surface area contributed by atoms with Crippen molar-refractivity contribution in [2.75, 3.05) is 0 Å². The maximum atomic E-state index is 13.4. The molecule has 0 bridgehead atoms. The highest BCUT2D eigenvalue weighted by Gasteiger charge is 2.08. The Bertz CT molecular complexity index is 1100. The monoisotopic (exact) mass is 340 g/mol. The van der Waals surface area contributed by atoms with Gasteiger partial charge in [0.25, 0.3) is 5.56 Å². The molecule has 24 heavy (non-hydrogen) atoms. The first-order valence-corrected chi connectivity index (χ1v) is 7.48. The third-order valence-corrected chi connectivity index (χ3v) is 3.87. The second-order valence-corrected chi connectivity index (χ2v) is 5.68. The van der Waals surface area contributed by atoms with E-state index in [-0.39, 0.29) is 0 Å². The van der Waals surface area contributed by atoms with E-state index in [1.807, 2.05) is 12.1 Å². The summed E-state index contributed by atoms with van der Waals surface area (Å²) in [6.07, 6.45) is 3.06. The molecule has 118 valence electrons. The molecule has 3 aromatic heterocycles. The van der Waals surface area contributed by atoms with Crippen LogP contribution >= 0.6 is 11.6 Å². The van der Waals surface area contributed by atoms with Crippen molar-refractivity contribution in [1.82, 2.24) is 19.9 Å². The molecule has 0 aliphatic heterocycles. The average molecular weight is 341 g/mol. The van der Waals surface area contributed by atoms with Crippen LogP contribution in [0.2, 0.25) is 5.02 Å². The number of rotatable bonds is 2. The highest BCUT2D eigenvalue weighted by molar-refractivity contribution is 6.31. The molecule has 3 heterocycles. The van der Waals surface area contributed by atoms with Gasteiger partial charge in [-0.25, -0.2) is 9.37 Å². The average Bonchev–Trinajstić information content (AvgIpc) is 3.00. The number of aromatic amines is 2. The molecular weight excluding hydrogens is 331 g/mol. The number of nitrogens with zero attached hydrogens (tertiary/aromatic N) is 2. The fraction of sp³-hybridized carbons (Fsp3) is 0. The van der Waals surface area contributed by atoms with Crippen molar-refractivity contribution in [2.24, 2.45) is 0 Å². The highest BCUT2D eigenvalue weighted by Crippen LogP contribution is 2.24. The van der Waals surface area contributed by atoms with Crippen LogP contribution in [0, 0.1) is 5.82 Å². The number of aromatic nitrogens is 4. The predicted octanol–water partition coefficient (Wildman–Crippen LogP) is 3.77. The summed E-state index contributed by atoms with van der Waals surface area (Å²) in [7, 11) is 0. The quantitative estimate of drug-likeness (QED) is 0.583. The molecule has 0 unspecified atom stereocenters. The van der Waals surface area contributed by atoms with E-state index in [4.69, 9.17) is 11.6 Å². The minimum absolute atomic E-state index is 0.495. The fourth-order valence-corrected chi connectivity index (χ4v) is 2.60. The van der Waals surface area contributed by atoms with Crippen molar-refractivity contribution in [2.45, 2.75) is 0 Å². The summed E-state index contributed by atoms with van der Waals surface area (Å²) in [5, 5.41) is 0.631. The summed E-state index contributed by atoms with van der Waals surface area (Å²) in [6, 6.07) is 10.1. The van der Waals surface area contributed by atoms with Crippen LogP contribution < -0.4 is 5.56 Å². The van der Waals surface area contributed by atoms with E-state index in [0.717, 1.165) is 22.7 Å². The number of hydrogen-bond donors (Lipinski definition) is 2. The van der Waals surface area contributed by atoms with E-state index in [0.29, 0.717) is 22.1 Å². The smallest absolute Gasteiger partial charge is 0.283 e. The summed E-state index contributed by atoms with van der Waals surface area (Å²) in [5.74, 6) is -0.175. The zero-order chi connectivity index (χ0) is 16.7. The molecule has 0 aliphatic carbocycles. The van der Waals surface area contributed by atoms with Crippen molar-refractivity contribution in [3.05, 3.63) is 70.0 Å². The Morgan fingerprint density at radius 2 is 1.96 bits per heavy atom. The van der Waals surface area contributed by atoms with E-state index < -0.39 is 11.4 Å². The van der Waals surface area contributed by atoms with Crippen LogP contribution in [0.4, 0.5) is 4.39 Å². The Morgan fingerprint density at radius 3 is 2.71 bits per heavy atom. The molecule has 0 saturated heterocycles. The van der Waals surface area contributed by atoms with Gasteiger partial charge in [-0.05, 0) is 36.4 Å². The number of hydrogen-bond acceptors (Lipinski definition) is 3. The molecule has 0 fully saturated rings. The molecule has 0 aliphatic rings. The van der Waals surface area contributed by atoms with E-state index in [1.54, 1.807) is 24.4 Å². The molecule has 0 saturated carbocycles. The second kappa shape index (κ2) is 5.58. The summed E-state index contributed by atoms with van der Waals surface area (Å²) < 4.78 is 13.4. The van der Waals surface area contributed by atoms with Gasteiger partial charge in [0.2, 0.25) is 0 Å². The first-order valence-electron chi connectivity index (χ1n) is 7.10. The topological polar surface area (TPSA) is 74.4 Å². The molecule has 4 aromatic rings. The zero-order valence-electron chi connectivity index (χ0n) is 12.2. The minimum atomic E-state index is -0.840. The number of pyridine rings is 2. The molecule has 4 rings (SSSR count). The molecule has 0 amide bonds. The van der Waals surface area contributed by atoms with Crippen LogP contribution in [-0.2, 0) is 0 Å². The van der Waals surface area contributed by atoms with Crippen molar-refractivity contribution in [3.63, 3.8) is 0 Å². The van der Waals surface area contributed by atoms with Gasteiger partial charge in [0.15, 0.2) is 5.82 Å². The number of halogens is 2. The Labute approximate surface area is 140 Å². The van der Waals surface area contributed by atoms with Gasteiger partial charge < -0.3 is 9.97 Å². The number of fused-ring (bicyclic) bond motifs is 1. The Kier molecular flexibility index (Phi) is 3.39. The van der Waals surface area contributed by atoms with Crippen molar-refractivity contribution in [3.8, 4) is 22.6 Å². The number of benzene rings is 1. The molecule has 5 nitrogen and oxygen atoms in total. The first kappa shape index (κ1) is 14.6. The van der Waals surface area contributed by atoms with Gasteiger partial charge >= 0.3 is 0 Å². The molecule has 0 radical (unpaired) electrons. The van der Waals surface area contributed by atoms with Gasteiger partial charge in [-0.1, -0.05) is 11.6 Å². The van der Waals surface area contributed by atoms with Gasteiger partial charge in [0, 0.05) is 28.5 Å². The molecule has 2 N–H and O–H groups in total. The van der Waals surface area contributed by atoms with E-state index in [2.05, 4.69) is 19.9 Å². The lowest BCUT2D eigenvalue weighted by Crippen LogP contribution is -2.09. The number of imidazole rings is 1. The van der Waals surface area contributed by atoms with Crippen molar-refractivity contribution >= 4 is 22.6 Å². The van der Waals surface area contributed by atoms with Crippen LogP contribution in [-0.4, -0.2) is 19.9 Å². The van der Waals surface area contributed by atoms with Crippen LogP contribution in [0.15, 0.2) is 53.6 Å². The first-order chi connectivity index (χ1) is 11.6. The third kappa shape index (κ3) is 2.57. The lowest BCUT2D eigenvalue weighted by Gasteiger charge is -2.02. The largest absolute Gasteiger partial charge is 0.338 e. The normalized spacial score (nSPS) is 11.1. The summed E-state index contributed by atoms with van der Waals surface area (Å²) >= 11 is 5.97. The molecule has 0 spiro atoms. The van der Waals surface area contributed by atoms with E-state index in [1.165, 1.54) is 6.20 Å². The van der Waals surface area contributed by atoms with Gasteiger partial charge in [0.1, 0.15) is 5.82 Å². The second-order valence-electron chi connectivity index (χ2n) is 5.24. The van der Waals surface area contributed by atoms with Crippen molar-refractivity contribution in [1.29, 1.82) is 0 Å². The number of H-pyrrole nitrogens is 2. The lowest BCUT2D eigenvalue weighted by atomic mass is 10.1. The SMILES string of the molecule is O=c1[nH]cc(-c2ccc(-c3nc4ccc(Cl)cc4[nH]3)cn2)cc1F. The van der Waals surface area contributed by atoms with E-state index in [9.17, 15) is 9.18 Å². The highest BCUT2D eigenvalue weighted by atomic mass is 35.5. The van der Waals surface area contributed by atoms with Crippen LogP contribution in [0.25, 0.3) is 33.7 Å². The Morgan fingerprint density at radius 1 is 1.08 bits per heavy atom. The standard InChI is InChI=1S/C17H10ClFN4O/c18-11-2-4-14-15(6-11)23-16(22-14)9-1-3-13(20-7-9)10-5-12(19)17(24)21-8-10/h1-8H,(H,21,24)(H,22,23). The third-order valence-electron chi connectivity index (χ3n) is 3.63. The zero-order valence-corrected chi connectivity index (χ0v) is 12.9. The molecular formula is C17H10ClFN4O. The molecule has 7 heteroatoms. The van der Waals surface area contributed by atoms with Crippen LogP contribution in [0.3, 0.4) is 0 Å². The van der Waals surface area contributed by atoms with Gasteiger partial charge in [-0.2, -0.15) is 0 Å². The van der Waals surface area contributed by atoms with Crippen LogP contribution in [0.1, 0.15) is 0 Å². The minimum Gasteiger partial charge on any atom is -0.338 e. The summed E-state index contributed by atoms with van der Waals surface area (Å²) in [6.45, 7) is 0. The molecule has 1 aromatic carbocycles. The van der Waals surface area contributed by atoms with Gasteiger partial charge in [0.05, 0.1) is 16.7 Å². The summed E-state index contributed by atoms with van der Waals surface area (Å²) in [4.78, 5) is 25.4. The Hall–Kier alpha value is -2.99. The molecule has 0 atom stereocenters. The van der Waals surface area contributed by atoms with Crippen molar-refractivity contribution < 1.29 is 4.39 Å². The summed E-state index contributed by atoms with van der Waals surface area (Å²) in [5.41, 5.74) is 2.72. The Balaban J connectivity index is 1.71. The van der Waals surface area contributed by atoms with Gasteiger partial charge in [-0.3, -0.25) is 9.78 Å². The van der Waals surface area contributed by atoms with Crippen LogP contribution in [0.5, 0.6) is 0 Å². The fourth-order valence-electron chi connectivity index (χ4n) is 2.43. The van der Waals surface area contributed by atoms with Gasteiger partial charge in [-0.15, -0.1) is 0 Å².